The molecular formula is C17H22N2O4. The Balaban J connectivity index is 2.22. The van der Waals surface area contributed by atoms with Gasteiger partial charge in [-0.25, -0.2) is 14.5 Å². The first-order chi connectivity index (χ1) is 10.8. The molecule has 23 heavy (non-hydrogen) atoms. The maximum atomic E-state index is 12.6. The van der Waals surface area contributed by atoms with E-state index in [9.17, 15) is 19.5 Å². The second kappa shape index (κ2) is 6.81. The van der Waals surface area contributed by atoms with Gasteiger partial charge in [0.2, 0.25) is 5.91 Å². The molecule has 2 rings (SSSR count). The minimum absolute atomic E-state index is 0.0135. The Bertz CT molecular complexity index is 600. The van der Waals surface area contributed by atoms with E-state index in [0.717, 1.165) is 10.5 Å². The van der Waals surface area contributed by atoms with Gasteiger partial charge in [-0.3, -0.25) is 4.79 Å². The van der Waals surface area contributed by atoms with Crippen molar-refractivity contribution in [3.05, 3.63) is 35.9 Å². The van der Waals surface area contributed by atoms with Crippen LogP contribution in [-0.4, -0.2) is 45.4 Å². The Labute approximate surface area is 135 Å². The summed E-state index contributed by atoms with van der Waals surface area (Å²) in [5.41, 5.74) is 0.899. The average Bonchev–Trinajstić information content (AvgIpc) is 2.84. The van der Waals surface area contributed by atoms with Gasteiger partial charge < -0.3 is 10.0 Å². The van der Waals surface area contributed by atoms with Crippen molar-refractivity contribution in [1.29, 1.82) is 0 Å². The predicted octanol–water partition coefficient (Wildman–Crippen LogP) is 2.20. The van der Waals surface area contributed by atoms with Crippen LogP contribution in [0.5, 0.6) is 0 Å². The molecule has 124 valence electrons. The smallest absolute Gasteiger partial charge is 0.328 e. The highest BCUT2D eigenvalue weighted by atomic mass is 16.4. The first-order valence-electron chi connectivity index (χ1n) is 7.71. The van der Waals surface area contributed by atoms with E-state index < -0.39 is 29.9 Å². The molecule has 1 aromatic rings. The molecule has 0 bridgehead atoms. The van der Waals surface area contributed by atoms with Gasteiger partial charge in [0, 0.05) is 12.5 Å². The van der Waals surface area contributed by atoms with Crippen LogP contribution in [0.25, 0.3) is 0 Å². The number of hydrogen-bond acceptors (Lipinski definition) is 3. The minimum Gasteiger partial charge on any atom is -0.480 e. The lowest BCUT2D eigenvalue weighted by atomic mass is 9.96. The van der Waals surface area contributed by atoms with Gasteiger partial charge in [-0.1, -0.05) is 51.1 Å². The average molecular weight is 318 g/mol. The lowest BCUT2D eigenvalue weighted by Crippen LogP contribution is -2.47. The molecule has 0 aromatic heterocycles. The van der Waals surface area contributed by atoms with Gasteiger partial charge in [-0.05, 0) is 11.5 Å². The highest BCUT2D eigenvalue weighted by Crippen LogP contribution is 2.24. The van der Waals surface area contributed by atoms with E-state index in [2.05, 4.69) is 0 Å². The first-order valence-corrected chi connectivity index (χ1v) is 7.71. The van der Waals surface area contributed by atoms with E-state index in [4.69, 9.17) is 0 Å². The summed E-state index contributed by atoms with van der Waals surface area (Å²) >= 11 is 0. The zero-order valence-corrected chi connectivity index (χ0v) is 13.6. The molecule has 2 unspecified atom stereocenters. The molecule has 1 N–H and O–H groups in total. The molecule has 3 amide bonds. The molecule has 0 saturated carbocycles. The molecule has 0 radical (unpaired) electrons. The largest absolute Gasteiger partial charge is 0.480 e. The highest BCUT2D eigenvalue weighted by molar-refractivity contribution is 6.01. The van der Waals surface area contributed by atoms with Crippen LogP contribution in [-0.2, 0) is 16.1 Å². The van der Waals surface area contributed by atoms with Gasteiger partial charge in [-0.2, -0.15) is 0 Å². The van der Waals surface area contributed by atoms with E-state index >= 15 is 0 Å². The van der Waals surface area contributed by atoms with Gasteiger partial charge >= 0.3 is 12.0 Å². The second-order valence-corrected chi connectivity index (χ2v) is 6.24. The molecule has 6 nitrogen and oxygen atoms in total. The maximum absolute atomic E-state index is 12.6. The predicted molar refractivity (Wildman–Crippen MR) is 84.5 cm³/mol. The fourth-order valence-electron chi connectivity index (χ4n) is 2.53. The molecule has 1 aliphatic heterocycles. The number of nitrogens with zero attached hydrogens (tertiary/aromatic N) is 2. The molecule has 1 aromatic carbocycles. The highest BCUT2D eigenvalue weighted by Gasteiger charge is 2.46. The third kappa shape index (κ3) is 3.52. The van der Waals surface area contributed by atoms with Gasteiger partial charge in [0.05, 0.1) is 6.54 Å². The van der Waals surface area contributed by atoms with E-state index in [0.29, 0.717) is 6.54 Å². The van der Waals surface area contributed by atoms with Gasteiger partial charge in [0.25, 0.3) is 0 Å². The van der Waals surface area contributed by atoms with Crippen molar-refractivity contribution in [2.75, 3.05) is 6.54 Å². The number of urea groups is 1. The molecule has 0 aliphatic carbocycles. The van der Waals surface area contributed by atoms with Crippen LogP contribution in [0, 0.1) is 11.8 Å². The Morgan fingerprint density at radius 3 is 2.35 bits per heavy atom. The second-order valence-electron chi connectivity index (χ2n) is 6.24. The van der Waals surface area contributed by atoms with E-state index in [-0.39, 0.29) is 12.5 Å². The number of benzene rings is 1. The SMILES string of the molecule is CC(C)C(C)C(=O)N1C(=O)N(Cc2ccccc2)CC1C(=O)O. The summed E-state index contributed by atoms with van der Waals surface area (Å²) in [5, 5.41) is 9.38. The number of rotatable bonds is 5. The number of aliphatic carboxylic acids is 1. The van der Waals surface area contributed by atoms with Crippen molar-refractivity contribution >= 4 is 17.9 Å². The number of carbonyl (C=O) groups is 3. The van der Waals surface area contributed by atoms with Crippen LogP contribution < -0.4 is 0 Å². The van der Waals surface area contributed by atoms with E-state index in [1.165, 1.54) is 4.90 Å². The molecule has 2 atom stereocenters. The summed E-state index contributed by atoms with van der Waals surface area (Å²) in [7, 11) is 0. The Kier molecular flexibility index (Phi) is 5.03. The Morgan fingerprint density at radius 1 is 1.22 bits per heavy atom. The number of amides is 3. The fraction of sp³-hybridized carbons (Fsp3) is 0.471. The van der Waals surface area contributed by atoms with Crippen molar-refractivity contribution < 1.29 is 19.5 Å². The van der Waals surface area contributed by atoms with Gasteiger partial charge in [-0.15, -0.1) is 0 Å². The topological polar surface area (TPSA) is 77.9 Å². The van der Waals surface area contributed by atoms with Crippen molar-refractivity contribution in [3.8, 4) is 0 Å². The van der Waals surface area contributed by atoms with Gasteiger partial charge in [0.15, 0.2) is 6.04 Å². The summed E-state index contributed by atoms with van der Waals surface area (Å²) in [6.07, 6.45) is 0. The summed E-state index contributed by atoms with van der Waals surface area (Å²) in [4.78, 5) is 38.9. The summed E-state index contributed by atoms with van der Waals surface area (Å²) < 4.78 is 0. The zero-order valence-electron chi connectivity index (χ0n) is 13.6. The molecule has 6 heteroatoms. The summed E-state index contributed by atoms with van der Waals surface area (Å²) in [6.45, 7) is 5.78. The lowest BCUT2D eigenvalue weighted by molar-refractivity contribution is -0.147. The van der Waals surface area contributed by atoms with Crippen LogP contribution in [0.1, 0.15) is 26.3 Å². The summed E-state index contributed by atoms with van der Waals surface area (Å²) in [6, 6.07) is 7.66. The lowest BCUT2D eigenvalue weighted by Gasteiger charge is -2.24. The van der Waals surface area contributed by atoms with Crippen LogP contribution in [0.3, 0.4) is 0 Å². The number of carboxylic acid groups (broad SMARTS) is 1. The molecular weight excluding hydrogens is 296 g/mol. The van der Waals surface area contributed by atoms with Crippen molar-refractivity contribution in [1.82, 2.24) is 9.80 Å². The van der Waals surface area contributed by atoms with Crippen LogP contribution in [0.4, 0.5) is 4.79 Å². The molecule has 1 saturated heterocycles. The third-order valence-electron chi connectivity index (χ3n) is 4.31. The number of imide groups is 1. The Hall–Kier alpha value is -2.37. The first kappa shape index (κ1) is 17.0. The van der Waals surface area contributed by atoms with E-state index in [1.807, 2.05) is 44.2 Å². The van der Waals surface area contributed by atoms with Crippen LogP contribution in [0.2, 0.25) is 0 Å². The number of hydrogen-bond donors (Lipinski definition) is 1. The maximum Gasteiger partial charge on any atom is 0.328 e. The molecule has 1 heterocycles. The molecule has 1 aliphatic rings. The Morgan fingerprint density at radius 2 is 1.83 bits per heavy atom. The monoisotopic (exact) mass is 318 g/mol. The normalized spacial score (nSPS) is 19.3. The zero-order chi connectivity index (χ0) is 17.1. The standard InChI is InChI=1S/C17H22N2O4/c1-11(2)12(3)15(20)19-14(16(21)22)10-18(17(19)23)9-13-7-5-4-6-8-13/h4-8,11-12,14H,9-10H2,1-3H3,(H,21,22). The van der Waals surface area contributed by atoms with Gasteiger partial charge in [0.1, 0.15) is 0 Å². The van der Waals surface area contributed by atoms with Crippen LogP contribution >= 0.6 is 0 Å². The molecule has 0 spiro atoms. The number of carbonyl (C=O) groups excluding carboxylic acids is 2. The minimum atomic E-state index is -1.15. The fourth-order valence-corrected chi connectivity index (χ4v) is 2.53. The van der Waals surface area contributed by atoms with E-state index in [1.54, 1.807) is 6.92 Å². The summed E-state index contributed by atoms with van der Waals surface area (Å²) in [5.74, 6) is -1.95. The molecule has 1 fully saturated rings. The third-order valence-corrected chi connectivity index (χ3v) is 4.31. The van der Waals surface area contributed by atoms with Crippen molar-refractivity contribution in [3.63, 3.8) is 0 Å². The van der Waals surface area contributed by atoms with Crippen molar-refractivity contribution in [2.45, 2.75) is 33.4 Å². The quantitative estimate of drug-likeness (QED) is 0.903. The van der Waals surface area contributed by atoms with Crippen LogP contribution in [0.15, 0.2) is 30.3 Å². The van der Waals surface area contributed by atoms with Crippen molar-refractivity contribution in [2.24, 2.45) is 11.8 Å². The number of carboxylic acids is 1.